The van der Waals surface area contributed by atoms with E-state index in [-0.39, 0.29) is 16.8 Å². The molecule has 31 heavy (non-hydrogen) atoms. The van der Waals surface area contributed by atoms with Crippen molar-refractivity contribution in [1.82, 2.24) is 10.2 Å². The first-order valence-corrected chi connectivity index (χ1v) is 11.3. The lowest BCUT2D eigenvalue weighted by Crippen LogP contribution is -2.48. The van der Waals surface area contributed by atoms with Crippen molar-refractivity contribution < 1.29 is 14.0 Å². The summed E-state index contributed by atoms with van der Waals surface area (Å²) in [6.07, 6.45) is 0.704. The summed E-state index contributed by atoms with van der Waals surface area (Å²) < 4.78 is 14.4. The molecule has 0 saturated carbocycles. The molecule has 2 atom stereocenters. The first-order valence-electron chi connectivity index (χ1n) is 10.2. The number of carbonyl (C=O) groups is 2. The first-order chi connectivity index (χ1) is 15.1. The molecular formula is C25H23FN2O2S. The van der Waals surface area contributed by atoms with Crippen molar-refractivity contribution in [1.29, 1.82) is 0 Å². The Morgan fingerprint density at radius 2 is 1.58 bits per heavy atom. The molecule has 1 aliphatic heterocycles. The third-order valence-corrected chi connectivity index (χ3v) is 6.61. The normalized spacial score (nSPS) is 18.0. The average molecular weight is 435 g/mol. The lowest BCUT2D eigenvalue weighted by Gasteiger charge is -2.29. The highest BCUT2D eigenvalue weighted by molar-refractivity contribution is 7.99. The Bertz CT molecular complexity index is 1050. The summed E-state index contributed by atoms with van der Waals surface area (Å²) in [4.78, 5) is 27.9. The second-order valence-corrected chi connectivity index (χ2v) is 8.44. The third kappa shape index (κ3) is 4.80. The highest BCUT2D eigenvalue weighted by Crippen LogP contribution is 2.42. The van der Waals surface area contributed by atoms with Crippen molar-refractivity contribution in [3.63, 3.8) is 0 Å². The molecule has 1 saturated heterocycles. The number of benzene rings is 3. The molecule has 0 aromatic heterocycles. The molecule has 0 bridgehead atoms. The highest BCUT2D eigenvalue weighted by Gasteiger charge is 2.43. The van der Waals surface area contributed by atoms with Crippen LogP contribution in [0.4, 0.5) is 4.39 Å². The van der Waals surface area contributed by atoms with Crippen LogP contribution in [0.2, 0.25) is 0 Å². The largest absolute Gasteiger partial charge is 0.354 e. The van der Waals surface area contributed by atoms with E-state index in [1.54, 1.807) is 12.1 Å². The molecule has 3 aromatic rings. The molecule has 1 N–H and O–H groups in total. The molecule has 1 fully saturated rings. The third-order valence-electron chi connectivity index (χ3n) is 5.28. The van der Waals surface area contributed by atoms with E-state index in [1.165, 1.54) is 28.8 Å². The summed E-state index contributed by atoms with van der Waals surface area (Å²) >= 11 is 1.52. The molecule has 6 heteroatoms. The van der Waals surface area contributed by atoms with Gasteiger partial charge in [-0.1, -0.05) is 72.8 Å². The van der Waals surface area contributed by atoms with Crippen LogP contribution in [0.3, 0.4) is 0 Å². The van der Waals surface area contributed by atoms with Gasteiger partial charge in [-0.25, -0.2) is 4.39 Å². The zero-order chi connectivity index (χ0) is 21.6. The Hall–Kier alpha value is -3.12. The van der Waals surface area contributed by atoms with Gasteiger partial charge in [0.15, 0.2) is 0 Å². The van der Waals surface area contributed by atoms with E-state index in [1.807, 2.05) is 60.7 Å². The summed E-state index contributed by atoms with van der Waals surface area (Å²) in [6.45, 7) is 0.474. The number of carbonyl (C=O) groups excluding carboxylic acids is 2. The molecule has 0 aliphatic carbocycles. The van der Waals surface area contributed by atoms with Gasteiger partial charge in [0.25, 0.3) is 5.91 Å². The van der Waals surface area contributed by atoms with E-state index < -0.39 is 17.8 Å². The molecule has 4 nitrogen and oxygen atoms in total. The highest BCUT2D eigenvalue weighted by atomic mass is 32.2. The van der Waals surface area contributed by atoms with Gasteiger partial charge < -0.3 is 10.2 Å². The maximum absolute atomic E-state index is 14.4. The summed E-state index contributed by atoms with van der Waals surface area (Å²) in [6, 6.07) is 24.7. The van der Waals surface area contributed by atoms with Gasteiger partial charge >= 0.3 is 0 Å². The molecule has 1 aliphatic rings. The van der Waals surface area contributed by atoms with Crippen LogP contribution in [-0.2, 0) is 11.2 Å². The predicted octanol–water partition coefficient (Wildman–Crippen LogP) is 4.44. The molecule has 158 valence electrons. The van der Waals surface area contributed by atoms with E-state index in [4.69, 9.17) is 0 Å². The Kier molecular flexibility index (Phi) is 6.67. The maximum atomic E-state index is 14.4. The first kappa shape index (κ1) is 21.1. The van der Waals surface area contributed by atoms with E-state index in [0.29, 0.717) is 18.7 Å². The summed E-state index contributed by atoms with van der Waals surface area (Å²) in [5.74, 6) is -0.817. The van der Waals surface area contributed by atoms with Crippen LogP contribution in [0.25, 0.3) is 0 Å². The second kappa shape index (κ2) is 9.79. The fraction of sp³-hybridized carbons (Fsp3) is 0.200. The number of amides is 2. The lowest BCUT2D eigenvalue weighted by atomic mass is 10.1. The topological polar surface area (TPSA) is 49.4 Å². The molecule has 2 unspecified atom stereocenters. The number of rotatable bonds is 6. The van der Waals surface area contributed by atoms with Gasteiger partial charge in [0, 0.05) is 12.3 Å². The van der Waals surface area contributed by atoms with Crippen LogP contribution in [0.5, 0.6) is 0 Å². The minimum absolute atomic E-state index is 0.0204. The van der Waals surface area contributed by atoms with Gasteiger partial charge in [-0.15, -0.1) is 11.8 Å². The van der Waals surface area contributed by atoms with Crippen molar-refractivity contribution in [2.24, 2.45) is 0 Å². The number of thioether (sulfide) groups is 1. The van der Waals surface area contributed by atoms with Crippen LogP contribution < -0.4 is 5.32 Å². The molecule has 2 amide bonds. The van der Waals surface area contributed by atoms with E-state index >= 15 is 0 Å². The van der Waals surface area contributed by atoms with Crippen LogP contribution in [0.1, 0.15) is 26.9 Å². The Morgan fingerprint density at radius 1 is 0.935 bits per heavy atom. The lowest BCUT2D eigenvalue weighted by molar-refractivity contribution is -0.124. The van der Waals surface area contributed by atoms with Gasteiger partial charge in [-0.3, -0.25) is 9.59 Å². The molecule has 1 heterocycles. The van der Waals surface area contributed by atoms with Gasteiger partial charge in [-0.2, -0.15) is 0 Å². The smallest absolute Gasteiger partial charge is 0.258 e. The Morgan fingerprint density at radius 3 is 2.29 bits per heavy atom. The zero-order valence-electron chi connectivity index (χ0n) is 16.9. The number of nitrogens with one attached hydrogen (secondary N) is 1. The Labute approximate surface area is 185 Å². The summed E-state index contributed by atoms with van der Waals surface area (Å²) in [7, 11) is 0. The van der Waals surface area contributed by atoms with E-state index in [9.17, 15) is 14.0 Å². The standard InChI is InChI=1S/C25H23FN2O2S/c26-21-14-8-7-13-20(21)24(30)28-22(17-31-25(28)19-11-5-2-6-12-19)23(29)27-16-15-18-9-3-1-4-10-18/h1-14,22,25H,15-17H2,(H,27,29). The average Bonchev–Trinajstić information content (AvgIpc) is 3.25. The minimum atomic E-state index is -0.668. The van der Waals surface area contributed by atoms with Crippen molar-refractivity contribution in [2.75, 3.05) is 12.3 Å². The number of hydrogen-bond acceptors (Lipinski definition) is 3. The minimum Gasteiger partial charge on any atom is -0.354 e. The summed E-state index contributed by atoms with van der Waals surface area (Å²) in [5, 5.41) is 2.61. The monoisotopic (exact) mass is 434 g/mol. The molecule has 3 aromatic carbocycles. The fourth-order valence-corrected chi connectivity index (χ4v) is 5.13. The van der Waals surface area contributed by atoms with E-state index in [2.05, 4.69) is 5.32 Å². The molecular weight excluding hydrogens is 411 g/mol. The SMILES string of the molecule is O=C(NCCc1ccccc1)C1CSC(c2ccccc2)N1C(=O)c1ccccc1F. The van der Waals surface area contributed by atoms with Gasteiger partial charge in [0.05, 0.1) is 5.56 Å². The van der Waals surface area contributed by atoms with Gasteiger partial charge in [0.2, 0.25) is 5.91 Å². The van der Waals surface area contributed by atoms with Gasteiger partial charge in [0.1, 0.15) is 17.2 Å². The van der Waals surface area contributed by atoms with Crippen molar-refractivity contribution >= 4 is 23.6 Å². The van der Waals surface area contributed by atoms with E-state index in [0.717, 1.165) is 11.1 Å². The number of halogens is 1. The van der Waals surface area contributed by atoms with Crippen molar-refractivity contribution in [3.8, 4) is 0 Å². The molecule has 0 spiro atoms. The maximum Gasteiger partial charge on any atom is 0.258 e. The van der Waals surface area contributed by atoms with Crippen molar-refractivity contribution in [3.05, 3.63) is 107 Å². The number of hydrogen-bond donors (Lipinski definition) is 1. The van der Waals surface area contributed by atoms with Crippen molar-refractivity contribution in [2.45, 2.75) is 17.8 Å². The number of nitrogens with zero attached hydrogens (tertiary/aromatic N) is 1. The second-order valence-electron chi connectivity index (χ2n) is 7.33. The van der Waals surface area contributed by atoms with Gasteiger partial charge in [-0.05, 0) is 29.7 Å². The zero-order valence-corrected chi connectivity index (χ0v) is 17.7. The van der Waals surface area contributed by atoms with Crippen LogP contribution in [0.15, 0.2) is 84.9 Å². The fourth-order valence-electron chi connectivity index (χ4n) is 3.70. The molecule has 0 radical (unpaired) electrons. The quantitative estimate of drug-likeness (QED) is 0.624. The van der Waals surface area contributed by atoms with Crippen LogP contribution in [0, 0.1) is 5.82 Å². The Balaban J connectivity index is 1.54. The molecule has 4 rings (SSSR count). The predicted molar refractivity (Wildman–Crippen MR) is 121 cm³/mol. The van der Waals surface area contributed by atoms with Crippen LogP contribution in [-0.4, -0.2) is 35.1 Å². The summed E-state index contributed by atoms with van der Waals surface area (Å²) in [5.41, 5.74) is 2.02. The van der Waals surface area contributed by atoms with Crippen LogP contribution >= 0.6 is 11.8 Å².